The van der Waals surface area contributed by atoms with Crippen molar-refractivity contribution in [3.63, 3.8) is 0 Å². The lowest BCUT2D eigenvalue weighted by atomic mass is 9.32. The molecular formula is C37H59NO6. The molecule has 0 aromatic rings. The van der Waals surface area contributed by atoms with E-state index < -0.39 is 22.8 Å². The number of allylic oxidation sites excluding steroid dienone is 1. The zero-order chi connectivity index (χ0) is 32.5. The topological polar surface area (TPSA) is 97.1 Å². The van der Waals surface area contributed by atoms with E-state index in [1.54, 1.807) is 6.92 Å². The lowest BCUT2D eigenvalue weighted by Crippen LogP contribution is -2.80. The van der Waals surface area contributed by atoms with Gasteiger partial charge in [-0.2, -0.15) is 0 Å². The smallest absolute Gasteiger partial charge is 0.303 e. The summed E-state index contributed by atoms with van der Waals surface area (Å²) in [6, 6.07) is 0. The zero-order valence-corrected chi connectivity index (χ0v) is 29.4. The average molecular weight is 614 g/mol. The molecule has 4 saturated carbocycles. The number of ether oxygens (including phenoxy) is 4. The molecule has 0 aromatic carbocycles. The maximum atomic E-state index is 12.4. The van der Waals surface area contributed by atoms with Gasteiger partial charge in [-0.25, -0.2) is 0 Å². The predicted octanol–water partition coefficient (Wildman–Crippen LogP) is 7.10. The maximum absolute atomic E-state index is 12.4. The molecule has 10 atom stereocenters. The lowest BCUT2D eigenvalue weighted by Gasteiger charge is -2.75. The van der Waals surface area contributed by atoms with Crippen molar-refractivity contribution in [2.45, 2.75) is 157 Å². The minimum absolute atomic E-state index is 0.0308. The van der Waals surface area contributed by atoms with Gasteiger partial charge in [-0.3, -0.25) is 9.59 Å². The molecule has 6 rings (SSSR count). The quantitative estimate of drug-likeness (QED) is 0.262. The Kier molecular flexibility index (Phi) is 7.06. The minimum atomic E-state index is -0.786. The van der Waals surface area contributed by atoms with Gasteiger partial charge in [0.05, 0.1) is 6.61 Å². The van der Waals surface area contributed by atoms with Crippen LogP contribution >= 0.6 is 0 Å². The van der Waals surface area contributed by atoms with Crippen LogP contribution < -0.4 is 5.73 Å². The van der Waals surface area contributed by atoms with Gasteiger partial charge in [-0.05, 0) is 98.9 Å². The van der Waals surface area contributed by atoms with Gasteiger partial charge in [0.2, 0.25) is 0 Å². The Labute approximate surface area is 265 Å². The van der Waals surface area contributed by atoms with E-state index in [1.807, 2.05) is 13.8 Å². The molecule has 0 radical (unpaired) electrons. The number of esters is 2. The molecular weight excluding hydrogens is 554 g/mol. The van der Waals surface area contributed by atoms with Crippen LogP contribution in [-0.2, 0) is 28.5 Å². The molecule has 1 unspecified atom stereocenters. The number of hydrogen-bond acceptors (Lipinski definition) is 7. The standard InChI is InChI=1S/C37H59NO6/c1-22(39)42-27-15-16-33(9)24(31(27,5)6)14-17-34(10)25(33)12-13-26-35(34,11)18-19-36-21-41-32(7,8)44-29(36)28(43-23(2)40)30(3,4)20-37(26,36)38/h13,24-25,27-29H,12,14-21,38H2,1-11H3/t24-,25?,27-,28-,29-,33-,34+,35+,36+,37+/m0/s1. The molecule has 44 heavy (non-hydrogen) atoms. The van der Waals surface area contributed by atoms with Crippen molar-refractivity contribution in [2.75, 3.05) is 6.61 Å². The number of carbonyl (C=O) groups is 2. The Morgan fingerprint density at radius 1 is 0.864 bits per heavy atom. The molecule has 1 spiro atoms. The van der Waals surface area contributed by atoms with Crippen molar-refractivity contribution in [3.8, 4) is 0 Å². The molecule has 5 fully saturated rings. The first kappa shape index (κ1) is 32.5. The first-order valence-corrected chi connectivity index (χ1v) is 17.3. The molecule has 6 aliphatic rings. The zero-order valence-electron chi connectivity index (χ0n) is 29.4. The summed E-state index contributed by atoms with van der Waals surface area (Å²) < 4.78 is 25.3. The second-order valence-corrected chi connectivity index (χ2v) is 18.3. The monoisotopic (exact) mass is 613 g/mol. The Hall–Kier alpha value is -1.44. The first-order chi connectivity index (χ1) is 20.1. The largest absolute Gasteiger partial charge is 0.462 e. The molecule has 5 aliphatic carbocycles. The highest BCUT2D eigenvalue weighted by molar-refractivity contribution is 5.66. The van der Waals surface area contributed by atoms with Crippen LogP contribution in [0.15, 0.2) is 11.6 Å². The van der Waals surface area contributed by atoms with Gasteiger partial charge < -0.3 is 24.7 Å². The number of fused-ring (bicyclic) bond motifs is 6. The van der Waals surface area contributed by atoms with E-state index in [4.69, 9.17) is 24.7 Å². The molecule has 7 nitrogen and oxygen atoms in total. The molecule has 248 valence electrons. The van der Waals surface area contributed by atoms with E-state index in [0.717, 1.165) is 44.9 Å². The molecule has 0 aromatic heterocycles. The molecule has 1 aliphatic heterocycles. The van der Waals surface area contributed by atoms with Gasteiger partial charge in [0.15, 0.2) is 5.79 Å². The fourth-order valence-corrected chi connectivity index (χ4v) is 12.6. The Morgan fingerprint density at radius 3 is 2.16 bits per heavy atom. The van der Waals surface area contributed by atoms with Crippen LogP contribution in [0.4, 0.5) is 0 Å². The lowest BCUT2D eigenvalue weighted by molar-refractivity contribution is -0.370. The highest BCUT2D eigenvalue weighted by Crippen LogP contribution is 2.76. The van der Waals surface area contributed by atoms with Crippen LogP contribution in [0.2, 0.25) is 0 Å². The van der Waals surface area contributed by atoms with Crippen LogP contribution in [0.1, 0.15) is 128 Å². The number of nitrogens with two attached hydrogens (primary N) is 1. The minimum Gasteiger partial charge on any atom is -0.462 e. The molecule has 1 saturated heterocycles. The summed E-state index contributed by atoms with van der Waals surface area (Å²) >= 11 is 0. The molecule has 2 N–H and O–H groups in total. The fourth-order valence-electron chi connectivity index (χ4n) is 12.6. The van der Waals surface area contributed by atoms with E-state index in [9.17, 15) is 9.59 Å². The third-order valence-corrected chi connectivity index (χ3v) is 14.9. The van der Waals surface area contributed by atoms with E-state index in [1.165, 1.54) is 12.5 Å². The summed E-state index contributed by atoms with van der Waals surface area (Å²) in [5, 5.41) is 0. The maximum Gasteiger partial charge on any atom is 0.303 e. The summed E-state index contributed by atoms with van der Waals surface area (Å²) in [6.45, 7) is 24.2. The normalized spacial score (nSPS) is 49.9. The van der Waals surface area contributed by atoms with Crippen molar-refractivity contribution in [1.82, 2.24) is 0 Å². The number of carbonyl (C=O) groups excluding carboxylic acids is 2. The van der Waals surface area contributed by atoms with E-state index >= 15 is 0 Å². The second-order valence-electron chi connectivity index (χ2n) is 18.3. The summed E-state index contributed by atoms with van der Waals surface area (Å²) in [7, 11) is 0. The van der Waals surface area contributed by atoms with Crippen molar-refractivity contribution in [1.29, 1.82) is 0 Å². The van der Waals surface area contributed by atoms with Gasteiger partial charge in [0.1, 0.15) is 18.3 Å². The van der Waals surface area contributed by atoms with Crippen LogP contribution in [0.3, 0.4) is 0 Å². The highest BCUT2D eigenvalue weighted by atomic mass is 16.7. The van der Waals surface area contributed by atoms with E-state index in [2.05, 4.69) is 54.5 Å². The molecule has 1 heterocycles. The third kappa shape index (κ3) is 4.09. The Bertz CT molecular complexity index is 1270. The number of rotatable bonds is 2. The van der Waals surface area contributed by atoms with Crippen LogP contribution in [0.5, 0.6) is 0 Å². The number of hydrogen-bond donors (Lipinski definition) is 1. The van der Waals surface area contributed by atoms with Gasteiger partial charge >= 0.3 is 11.9 Å². The van der Waals surface area contributed by atoms with Crippen LogP contribution in [0, 0.1) is 44.3 Å². The predicted molar refractivity (Wildman–Crippen MR) is 169 cm³/mol. The summed E-state index contributed by atoms with van der Waals surface area (Å²) in [5.41, 5.74) is 7.86. The van der Waals surface area contributed by atoms with Crippen molar-refractivity contribution in [2.24, 2.45) is 50.1 Å². The fraction of sp³-hybridized carbons (Fsp3) is 0.892. The summed E-state index contributed by atoms with van der Waals surface area (Å²) in [6.07, 6.45) is 9.60. The van der Waals surface area contributed by atoms with E-state index in [0.29, 0.717) is 24.9 Å². The molecule has 7 heteroatoms. The SMILES string of the molecule is CC(=O)O[C@H]1CC[C@]2(C)C3CC=C4[C@]5(N)CC(C)(C)[C@@H](OC(C)=O)[C@@H]6OC(C)(C)OC[C@]65CC[C@@]4(C)[C@]3(C)CC[C@H]2C1(C)C. The Balaban J connectivity index is 1.44. The Morgan fingerprint density at radius 2 is 1.52 bits per heavy atom. The van der Waals surface area contributed by atoms with Crippen molar-refractivity contribution < 1.29 is 28.5 Å². The van der Waals surface area contributed by atoms with E-state index in [-0.39, 0.29) is 51.2 Å². The second kappa shape index (κ2) is 9.56. The summed E-state index contributed by atoms with van der Waals surface area (Å²) in [5.74, 6) is -0.238. The van der Waals surface area contributed by atoms with Gasteiger partial charge in [-0.15, -0.1) is 0 Å². The van der Waals surface area contributed by atoms with Gasteiger partial charge in [-0.1, -0.05) is 54.5 Å². The van der Waals surface area contributed by atoms with Gasteiger partial charge in [0, 0.05) is 35.6 Å². The van der Waals surface area contributed by atoms with Gasteiger partial charge in [0.25, 0.3) is 0 Å². The molecule has 0 amide bonds. The van der Waals surface area contributed by atoms with Crippen LogP contribution in [0.25, 0.3) is 0 Å². The first-order valence-electron chi connectivity index (χ1n) is 17.3. The van der Waals surface area contributed by atoms with Crippen LogP contribution in [-0.4, -0.2) is 48.2 Å². The highest BCUT2D eigenvalue weighted by Gasteiger charge is 2.76. The molecule has 0 bridgehead atoms. The van der Waals surface area contributed by atoms with Crippen molar-refractivity contribution in [3.05, 3.63) is 11.6 Å². The summed E-state index contributed by atoms with van der Waals surface area (Å²) in [4.78, 5) is 24.5. The average Bonchev–Trinajstić information content (AvgIpc) is 2.87. The third-order valence-electron chi connectivity index (χ3n) is 14.9. The van der Waals surface area contributed by atoms with Crippen molar-refractivity contribution >= 4 is 11.9 Å².